The van der Waals surface area contributed by atoms with E-state index in [4.69, 9.17) is 40.1 Å². The molecule has 0 fully saturated rings. The van der Waals surface area contributed by atoms with E-state index >= 15 is 0 Å². The summed E-state index contributed by atoms with van der Waals surface area (Å²) in [7, 11) is 1.58. The van der Waals surface area contributed by atoms with Crippen LogP contribution >= 0.6 is 34.8 Å². The third-order valence-electron chi connectivity index (χ3n) is 2.16. The molecule has 7 heteroatoms. The van der Waals surface area contributed by atoms with Crippen LogP contribution in [0.3, 0.4) is 0 Å². The fraction of sp³-hybridized carbons (Fsp3) is 0.273. The Kier molecular flexibility index (Phi) is 5.54. The molecule has 0 atom stereocenters. The molecule has 1 aromatic carbocycles. The number of hydrogen-bond donors (Lipinski definition) is 1. The fourth-order valence-electron chi connectivity index (χ4n) is 1.15. The van der Waals surface area contributed by atoms with Crippen molar-refractivity contribution in [2.75, 3.05) is 18.9 Å². The summed E-state index contributed by atoms with van der Waals surface area (Å²) in [5, 5.41) is 11.9. The number of halogens is 3. The van der Waals surface area contributed by atoms with Crippen molar-refractivity contribution < 1.29 is 4.79 Å². The lowest BCUT2D eigenvalue weighted by Crippen LogP contribution is -2.32. The van der Waals surface area contributed by atoms with Gasteiger partial charge in [0.2, 0.25) is 0 Å². The van der Waals surface area contributed by atoms with E-state index in [1.165, 1.54) is 17.0 Å². The number of nitrogens with zero attached hydrogens (tertiary/aromatic N) is 2. The van der Waals surface area contributed by atoms with Gasteiger partial charge in [-0.15, -0.1) is 0 Å². The maximum atomic E-state index is 11.7. The average Bonchev–Trinajstić information content (AvgIpc) is 2.32. The van der Waals surface area contributed by atoms with E-state index in [2.05, 4.69) is 5.32 Å². The highest BCUT2D eigenvalue weighted by Crippen LogP contribution is 2.32. The summed E-state index contributed by atoms with van der Waals surface area (Å²) >= 11 is 17.5. The van der Waals surface area contributed by atoms with Gasteiger partial charge in [-0.2, -0.15) is 5.26 Å². The van der Waals surface area contributed by atoms with Gasteiger partial charge in [-0.05, 0) is 12.1 Å². The zero-order valence-corrected chi connectivity index (χ0v) is 11.8. The zero-order valence-electron chi connectivity index (χ0n) is 9.51. The van der Waals surface area contributed by atoms with Crippen LogP contribution < -0.4 is 5.32 Å². The molecule has 1 rings (SSSR count). The molecule has 0 aliphatic heterocycles. The van der Waals surface area contributed by atoms with Gasteiger partial charge < -0.3 is 10.2 Å². The number of hydrogen-bond acceptors (Lipinski definition) is 2. The third kappa shape index (κ3) is 3.95. The summed E-state index contributed by atoms with van der Waals surface area (Å²) < 4.78 is 0. The lowest BCUT2D eigenvalue weighted by molar-refractivity contribution is 0.223. The van der Waals surface area contributed by atoms with Gasteiger partial charge in [-0.1, -0.05) is 34.8 Å². The van der Waals surface area contributed by atoms with Gasteiger partial charge in [0.15, 0.2) is 0 Å². The average molecular weight is 307 g/mol. The molecule has 4 nitrogen and oxygen atoms in total. The quantitative estimate of drug-likeness (QED) is 0.857. The van der Waals surface area contributed by atoms with Gasteiger partial charge in [0.25, 0.3) is 0 Å². The Hall–Kier alpha value is -1.15. The largest absolute Gasteiger partial charge is 0.327 e. The first-order valence-corrected chi connectivity index (χ1v) is 6.12. The van der Waals surface area contributed by atoms with Gasteiger partial charge in [-0.25, -0.2) is 4.79 Å². The molecule has 0 unspecified atom stereocenters. The molecule has 0 saturated heterocycles. The highest BCUT2D eigenvalue weighted by atomic mass is 35.5. The summed E-state index contributed by atoms with van der Waals surface area (Å²) in [6, 6.07) is 4.52. The van der Waals surface area contributed by atoms with Crippen LogP contribution in [-0.4, -0.2) is 24.5 Å². The SMILES string of the molecule is CN(CCC#N)C(=O)Nc1cc(Cl)c(Cl)cc1Cl. The number of urea groups is 1. The zero-order chi connectivity index (χ0) is 13.7. The van der Waals surface area contributed by atoms with E-state index in [0.29, 0.717) is 27.3 Å². The Morgan fingerprint density at radius 1 is 1.33 bits per heavy atom. The Morgan fingerprint density at radius 3 is 2.56 bits per heavy atom. The number of nitrogens with one attached hydrogen (secondary N) is 1. The van der Waals surface area contributed by atoms with Crippen LogP contribution in [0.25, 0.3) is 0 Å². The van der Waals surface area contributed by atoms with Crippen molar-refractivity contribution >= 4 is 46.5 Å². The van der Waals surface area contributed by atoms with Crippen molar-refractivity contribution in [3.8, 4) is 6.07 Å². The number of amides is 2. The number of benzene rings is 1. The first-order chi connectivity index (χ1) is 8.45. The lowest BCUT2D eigenvalue weighted by atomic mass is 10.3. The van der Waals surface area contributed by atoms with Crippen molar-refractivity contribution in [1.82, 2.24) is 4.90 Å². The Bertz CT molecular complexity index is 499. The van der Waals surface area contributed by atoms with Gasteiger partial charge in [0.05, 0.1) is 33.2 Å². The minimum atomic E-state index is -0.370. The van der Waals surface area contributed by atoms with E-state index in [0.717, 1.165) is 0 Å². The number of anilines is 1. The van der Waals surface area contributed by atoms with Gasteiger partial charge in [0, 0.05) is 13.6 Å². The number of rotatable bonds is 3. The van der Waals surface area contributed by atoms with Crippen LogP contribution in [0.5, 0.6) is 0 Å². The molecule has 0 aliphatic rings. The molecule has 18 heavy (non-hydrogen) atoms. The molecule has 1 N–H and O–H groups in total. The van der Waals surface area contributed by atoms with E-state index < -0.39 is 0 Å². The second-order valence-electron chi connectivity index (χ2n) is 3.51. The molecule has 0 aromatic heterocycles. The predicted octanol–water partition coefficient (Wildman–Crippen LogP) is 4.02. The molecule has 0 radical (unpaired) electrons. The van der Waals surface area contributed by atoms with Crippen LogP contribution in [0.4, 0.5) is 10.5 Å². The van der Waals surface area contributed by atoms with Crippen molar-refractivity contribution in [3.05, 3.63) is 27.2 Å². The summed E-state index contributed by atoms with van der Waals surface area (Å²) in [6.45, 7) is 0.335. The van der Waals surface area contributed by atoms with E-state index in [-0.39, 0.29) is 12.5 Å². The molecule has 1 aromatic rings. The maximum Gasteiger partial charge on any atom is 0.321 e. The highest BCUT2D eigenvalue weighted by molar-refractivity contribution is 6.44. The van der Waals surface area contributed by atoms with Gasteiger partial charge >= 0.3 is 6.03 Å². The van der Waals surface area contributed by atoms with Crippen LogP contribution in [0.15, 0.2) is 12.1 Å². The minimum absolute atomic E-state index is 0.263. The molecule has 0 heterocycles. The van der Waals surface area contributed by atoms with E-state index in [1.807, 2.05) is 6.07 Å². The monoisotopic (exact) mass is 305 g/mol. The van der Waals surface area contributed by atoms with Crippen molar-refractivity contribution in [2.24, 2.45) is 0 Å². The molecule has 0 bridgehead atoms. The highest BCUT2D eigenvalue weighted by Gasteiger charge is 2.12. The predicted molar refractivity (Wildman–Crippen MR) is 73.4 cm³/mol. The van der Waals surface area contributed by atoms with E-state index in [9.17, 15) is 4.79 Å². The topological polar surface area (TPSA) is 56.1 Å². The van der Waals surface area contributed by atoms with Crippen LogP contribution in [0.1, 0.15) is 6.42 Å². The number of carbonyl (C=O) groups is 1. The second-order valence-corrected chi connectivity index (χ2v) is 4.73. The van der Waals surface area contributed by atoms with Crippen LogP contribution in [-0.2, 0) is 0 Å². The van der Waals surface area contributed by atoms with Crippen molar-refractivity contribution in [2.45, 2.75) is 6.42 Å². The molecular weight excluding hydrogens is 296 g/mol. The van der Waals surface area contributed by atoms with E-state index in [1.54, 1.807) is 7.05 Å². The standard InChI is InChI=1S/C11H10Cl3N3O/c1-17(4-2-3-15)11(18)16-10-6-8(13)7(12)5-9(10)14/h5-6H,2,4H2,1H3,(H,16,18). The number of carbonyl (C=O) groups excluding carboxylic acids is 1. The smallest absolute Gasteiger partial charge is 0.321 e. The summed E-state index contributed by atoms with van der Waals surface area (Å²) in [6.07, 6.45) is 0.263. The molecular formula is C11H10Cl3N3O. The lowest BCUT2D eigenvalue weighted by Gasteiger charge is -2.17. The summed E-state index contributed by atoms with van der Waals surface area (Å²) in [5.74, 6) is 0. The Labute approximate surface area is 120 Å². The van der Waals surface area contributed by atoms with Crippen LogP contribution in [0.2, 0.25) is 15.1 Å². The third-order valence-corrected chi connectivity index (χ3v) is 3.19. The van der Waals surface area contributed by atoms with Crippen LogP contribution in [0, 0.1) is 11.3 Å². The Balaban J connectivity index is 2.76. The molecule has 0 spiro atoms. The molecule has 0 saturated carbocycles. The fourth-order valence-corrected chi connectivity index (χ4v) is 1.74. The van der Waals surface area contributed by atoms with Gasteiger partial charge in [0.1, 0.15) is 0 Å². The van der Waals surface area contributed by atoms with Crippen molar-refractivity contribution in [3.63, 3.8) is 0 Å². The first-order valence-electron chi connectivity index (χ1n) is 4.99. The normalized spacial score (nSPS) is 9.72. The minimum Gasteiger partial charge on any atom is -0.327 e. The number of nitriles is 1. The van der Waals surface area contributed by atoms with Gasteiger partial charge in [-0.3, -0.25) is 0 Å². The Morgan fingerprint density at radius 2 is 1.94 bits per heavy atom. The molecule has 0 aliphatic carbocycles. The second kappa shape index (κ2) is 6.69. The van der Waals surface area contributed by atoms with Crippen molar-refractivity contribution in [1.29, 1.82) is 5.26 Å². The summed E-state index contributed by atoms with van der Waals surface area (Å²) in [4.78, 5) is 13.1. The molecule has 2 amide bonds. The summed E-state index contributed by atoms with van der Waals surface area (Å²) in [5.41, 5.74) is 0.375. The first kappa shape index (κ1) is 14.9. The maximum absolute atomic E-state index is 11.7. The molecule has 96 valence electrons.